The zero-order chi connectivity index (χ0) is 20.9. The molecule has 1 saturated heterocycles. The van der Waals surface area contributed by atoms with E-state index in [9.17, 15) is 17.6 Å². The molecule has 0 unspecified atom stereocenters. The second-order valence-electron chi connectivity index (χ2n) is 6.87. The van der Waals surface area contributed by atoms with Gasteiger partial charge in [-0.3, -0.25) is 4.79 Å². The van der Waals surface area contributed by atoms with E-state index in [1.54, 1.807) is 24.3 Å². The van der Waals surface area contributed by atoms with Gasteiger partial charge in [0, 0.05) is 13.1 Å². The lowest BCUT2D eigenvalue weighted by molar-refractivity contribution is -0.140. The number of nitrogens with zero attached hydrogens (tertiary/aromatic N) is 1. The van der Waals surface area contributed by atoms with Crippen LogP contribution < -0.4 is 9.47 Å². The number of ether oxygens (including phenoxy) is 2. The van der Waals surface area contributed by atoms with Crippen LogP contribution in [0.3, 0.4) is 0 Å². The van der Waals surface area contributed by atoms with Crippen molar-refractivity contribution >= 4 is 16.0 Å². The summed E-state index contributed by atoms with van der Waals surface area (Å²) in [6.07, 6.45) is 1.65. The van der Waals surface area contributed by atoms with Crippen LogP contribution in [0.15, 0.2) is 53.4 Å². The van der Waals surface area contributed by atoms with Crippen LogP contribution in [0, 0.1) is 11.7 Å². The summed E-state index contributed by atoms with van der Waals surface area (Å²) in [6, 6.07) is 11.6. The van der Waals surface area contributed by atoms with Crippen molar-refractivity contribution in [3.63, 3.8) is 0 Å². The third-order valence-corrected chi connectivity index (χ3v) is 6.67. The van der Waals surface area contributed by atoms with E-state index in [4.69, 9.17) is 9.47 Å². The molecule has 0 N–H and O–H groups in total. The third kappa shape index (κ3) is 5.33. The highest BCUT2D eigenvalue weighted by atomic mass is 32.2. The summed E-state index contributed by atoms with van der Waals surface area (Å²) in [5.41, 5.74) is 0. The Morgan fingerprint density at radius 1 is 1.03 bits per heavy atom. The van der Waals surface area contributed by atoms with Gasteiger partial charge in [-0.1, -0.05) is 6.92 Å². The molecule has 1 heterocycles. The van der Waals surface area contributed by atoms with Gasteiger partial charge in [0.25, 0.3) is 0 Å². The zero-order valence-corrected chi connectivity index (χ0v) is 17.0. The van der Waals surface area contributed by atoms with Crippen LogP contribution in [0.5, 0.6) is 11.5 Å². The van der Waals surface area contributed by atoms with Gasteiger partial charge in [0.15, 0.2) is 0 Å². The topological polar surface area (TPSA) is 72.9 Å². The van der Waals surface area contributed by atoms with E-state index < -0.39 is 15.8 Å². The maximum absolute atomic E-state index is 13.0. The van der Waals surface area contributed by atoms with Crippen molar-refractivity contribution in [1.82, 2.24) is 4.31 Å². The summed E-state index contributed by atoms with van der Waals surface area (Å²) in [4.78, 5) is 12.5. The molecular formula is C21H24FNO5S. The molecule has 0 atom stereocenters. The van der Waals surface area contributed by atoms with Crippen molar-refractivity contribution in [3.8, 4) is 11.5 Å². The molecule has 29 heavy (non-hydrogen) atoms. The summed E-state index contributed by atoms with van der Waals surface area (Å²) in [7, 11) is -3.70. The number of rotatable bonds is 7. The monoisotopic (exact) mass is 421 g/mol. The van der Waals surface area contributed by atoms with Crippen molar-refractivity contribution in [1.29, 1.82) is 0 Å². The highest BCUT2D eigenvalue weighted by Gasteiger charge is 2.33. The normalized spacial score (nSPS) is 15.8. The summed E-state index contributed by atoms with van der Waals surface area (Å²) < 4.78 is 50.6. The van der Waals surface area contributed by atoms with Crippen LogP contribution in [0.25, 0.3) is 0 Å². The molecule has 8 heteroatoms. The average molecular weight is 421 g/mol. The maximum atomic E-state index is 13.0. The number of hydrogen-bond acceptors (Lipinski definition) is 5. The second-order valence-corrected chi connectivity index (χ2v) is 8.81. The maximum Gasteiger partial charge on any atom is 0.314 e. The van der Waals surface area contributed by atoms with Crippen LogP contribution in [0.1, 0.15) is 26.2 Å². The van der Waals surface area contributed by atoms with Crippen LogP contribution in [-0.2, 0) is 14.8 Å². The first-order valence-electron chi connectivity index (χ1n) is 9.60. The molecule has 3 rings (SSSR count). The number of hydrogen-bond donors (Lipinski definition) is 0. The van der Waals surface area contributed by atoms with Gasteiger partial charge in [0.1, 0.15) is 17.3 Å². The Hall–Kier alpha value is -2.45. The Labute approximate surface area is 170 Å². The molecule has 6 nitrogen and oxygen atoms in total. The summed E-state index contributed by atoms with van der Waals surface area (Å²) in [5, 5.41) is 0. The SMILES string of the molecule is CCCOc1ccc(OC(=O)C2CCN(S(=O)(=O)c3ccc(F)cc3)CC2)cc1. The van der Waals surface area contributed by atoms with Gasteiger partial charge < -0.3 is 9.47 Å². The highest BCUT2D eigenvalue weighted by Crippen LogP contribution is 2.26. The number of carbonyl (C=O) groups is 1. The first-order chi connectivity index (χ1) is 13.9. The summed E-state index contributed by atoms with van der Waals surface area (Å²) in [5.74, 6) is -0.0849. The minimum atomic E-state index is -3.70. The standard InChI is InChI=1S/C21H24FNO5S/c1-2-15-27-18-5-7-19(8-6-18)28-21(24)16-11-13-23(14-12-16)29(25,26)20-9-3-17(22)4-10-20/h3-10,16H,2,11-15H2,1H3. The molecule has 0 bridgehead atoms. The molecule has 1 fully saturated rings. The number of esters is 1. The Kier molecular flexibility index (Phi) is 6.87. The predicted molar refractivity (Wildman–Crippen MR) is 106 cm³/mol. The lowest BCUT2D eigenvalue weighted by Crippen LogP contribution is -2.41. The van der Waals surface area contributed by atoms with E-state index in [2.05, 4.69) is 0 Å². The number of piperidine rings is 1. The molecule has 1 aliphatic rings. The number of sulfonamides is 1. The molecule has 156 valence electrons. The Morgan fingerprint density at radius 3 is 2.21 bits per heavy atom. The average Bonchev–Trinajstić information content (AvgIpc) is 2.73. The van der Waals surface area contributed by atoms with E-state index in [1.807, 2.05) is 6.92 Å². The molecule has 0 radical (unpaired) electrons. The number of carbonyl (C=O) groups excluding carboxylic acids is 1. The lowest BCUT2D eigenvalue weighted by atomic mass is 9.98. The summed E-state index contributed by atoms with van der Waals surface area (Å²) >= 11 is 0. The van der Waals surface area contributed by atoms with Crippen molar-refractivity contribution in [2.45, 2.75) is 31.1 Å². The van der Waals surface area contributed by atoms with E-state index in [0.717, 1.165) is 18.6 Å². The number of benzene rings is 2. The molecule has 0 saturated carbocycles. The first kappa shape index (κ1) is 21.3. The molecule has 0 aliphatic carbocycles. The fourth-order valence-electron chi connectivity index (χ4n) is 3.11. The van der Waals surface area contributed by atoms with Crippen molar-refractivity contribution in [2.75, 3.05) is 19.7 Å². The van der Waals surface area contributed by atoms with Crippen LogP contribution in [0.2, 0.25) is 0 Å². The van der Waals surface area contributed by atoms with E-state index >= 15 is 0 Å². The van der Waals surface area contributed by atoms with Crippen LogP contribution in [-0.4, -0.2) is 38.4 Å². The van der Waals surface area contributed by atoms with Gasteiger partial charge in [-0.2, -0.15) is 4.31 Å². The van der Waals surface area contributed by atoms with Gasteiger partial charge in [-0.25, -0.2) is 12.8 Å². The van der Waals surface area contributed by atoms with Gasteiger partial charge >= 0.3 is 5.97 Å². The minimum absolute atomic E-state index is 0.0466. The smallest absolute Gasteiger partial charge is 0.314 e. The molecule has 1 aliphatic heterocycles. The summed E-state index contributed by atoms with van der Waals surface area (Å²) in [6.45, 7) is 3.07. The predicted octanol–water partition coefficient (Wildman–Crippen LogP) is 3.62. The molecule has 0 aromatic heterocycles. The van der Waals surface area contributed by atoms with E-state index in [0.29, 0.717) is 30.9 Å². The molecule has 0 spiro atoms. The number of halogens is 1. The van der Waals surface area contributed by atoms with Crippen LogP contribution in [0.4, 0.5) is 4.39 Å². The largest absolute Gasteiger partial charge is 0.494 e. The van der Waals surface area contributed by atoms with Gasteiger partial charge in [0.05, 0.1) is 17.4 Å². The van der Waals surface area contributed by atoms with E-state index in [-0.39, 0.29) is 29.9 Å². The van der Waals surface area contributed by atoms with Gasteiger partial charge in [-0.05, 0) is 67.8 Å². The quantitative estimate of drug-likeness (QED) is 0.504. The minimum Gasteiger partial charge on any atom is -0.494 e. The fraction of sp³-hybridized carbons (Fsp3) is 0.381. The molecule has 2 aromatic carbocycles. The lowest BCUT2D eigenvalue weighted by Gasteiger charge is -2.30. The molecule has 0 amide bonds. The zero-order valence-electron chi connectivity index (χ0n) is 16.2. The Morgan fingerprint density at radius 2 is 1.62 bits per heavy atom. The van der Waals surface area contributed by atoms with Crippen LogP contribution >= 0.6 is 0 Å². The first-order valence-corrected chi connectivity index (χ1v) is 11.0. The molecule has 2 aromatic rings. The third-order valence-electron chi connectivity index (χ3n) is 4.75. The molecular weight excluding hydrogens is 397 g/mol. The van der Waals surface area contributed by atoms with Crippen molar-refractivity contribution < 1.29 is 27.1 Å². The van der Waals surface area contributed by atoms with Crippen molar-refractivity contribution in [2.24, 2.45) is 5.92 Å². The Bertz CT molecular complexity index is 921. The Balaban J connectivity index is 1.54. The van der Waals surface area contributed by atoms with Gasteiger partial charge in [-0.15, -0.1) is 0 Å². The van der Waals surface area contributed by atoms with E-state index in [1.165, 1.54) is 16.4 Å². The second kappa shape index (κ2) is 9.37. The fourth-order valence-corrected chi connectivity index (χ4v) is 4.58. The van der Waals surface area contributed by atoms with Gasteiger partial charge in [0.2, 0.25) is 10.0 Å². The highest BCUT2D eigenvalue weighted by molar-refractivity contribution is 7.89. The van der Waals surface area contributed by atoms with Crippen molar-refractivity contribution in [3.05, 3.63) is 54.3 Å².